The van der Waals surface area contributed by atoms with Gasteiger partial charge in [0.05, 0.1) is 12.1 Å². The Bertz CT molecular complexity index is 161. The first-order chi connectivity index (χ1) is 5.15. The third kappa shape index (κ3) is 1.70. The summed E-state index contributed by atoms with van der Waals surface area (Å²) >= 11 is 0. The van der Waals surface area contributed by atoms with Crippen LogP contribution in [0.2, 0.25) is 0 Å². The minimum absolute atomic E-state index is 0.0101. The first kappa shape index (κ1) is 8.49. The fourth-order valence-electron chi connectivity index (χ4n) is 1.45. The van der Waals surface area contributed by atoms with Gasteiger partial charge in [0.2, 0.25) is 5.91 Å². The largest absolute Gasteiger partial charge is 0.392 e. The van der Waals surface area contributed by atoms with Crippen LogP contribution in [0.5, 0.6) is 0 Å². The monoisotopic (exact) mass is 158 g/mol. The second-order valence-electron chi connectivity index (χ2n) is 2.96. The lowest BCUT2D eigenvalue weighted by Gasteiger charge is -2.16. The number of hydrogen-bond acceptors (Lipinski definition) is 3. The van der Waals surface area contributed by atoms with Crippen molar-refractivity contribution in [2.24, 2.45) is 0 Å². The Labute approximate surface area is 66.2 Å². The number of likely N-dealkylation sites (N-methyl/N-ethyl adjacent to an activating group) is 2. The normalized spacial score (nSPS) is 32.3. The lowest BCUT2D eigenvalue weighted by atomic mass is 10.2. The highest BCUT2D eigenvalue weighted by Crippen LogP contribution is 2.14. The van der Waals surface area contributed by atoms with E-state index in [-0.39, 0.29) is 18.1 Å². The van der Waals surface area contributed by atoms with Crippen LogP contribution in [0.25, 0.3) is 0 Å². The molecule has 1 amide bonds. The van der Waals surface area contributed by atoms with E-state index in [9.17, 15) is 9.90 Å². The molecule has 0 unspecified atom stereocenters. The average Bonchev–Trinajstić information content (AvgIpc) is 2.28. The molecule has 11 heavy (non-hydrogen) atoms. The molecule has 1 heterocycles. The van der Waals surface area contributed by atoms with Gasteiger partial charge in [-0.1, -0.05) is 0 Å². The summed E-state index contributed by atoms with van der Waals surface area (Å²) < 4.78 is 0. The molecule has 4 nitrogen and oxygen atoms in total. The van der Waals surface area contributed by atoms with E-state index >= 15 is 0 Å². The van der Waals surface area contributed by atoms with Gasteiger partial charge in [0.15, 0.2) is 0 Å². The Morgan fingerprint density at radius 1 is 1.73 bits per heavy atom. The predicted octanol–water partition coefficient (Wildman–Crippen LogP) is -1.20. The number of hydrogen-bond donors (Lipinski definition) is 2. The van der Waals surface area contributed by atoms with Crippen molar-refractivity contribution in [3.8, 4) is 0 Å². The number of aliphatic hydroxyl groups excluding tert-OH is 1. The number of likely N-dealkylation sites (tertiary alicyclic amines) is 1. The lowest BCUT2D eigenvalue weighted by Crippen LogP contribution is -2.39. The van der Waals surface area contributed by atoms with E-state index in [4.69, 9.17) is 0 Å². The molecule has 0 saturated carbocycles. The fourth-order valence-corrected chi connectivity index (χ4v) is 1.45. The molecular weight excluding hydrogens is 144 g/mol. The summed E-state index contributed by atoms with van der Waals surface area (Å²) in [5.74, 6) is -0.0101. The van der Waals surface area contributed by atoms with Crippen molar-refractivity contribution < 1.29 is 9.90 Å². The van der Waals surface area contributed by atoms with Crippen LogP contribution in [0, 0.1) is 0 Å². The van der Waals surface area contributed by atoms with Gasteiger partial charge in [0.25, 0.3) is 0 Å². The Balaban J connectivity index is 2.52. The zero-order chi connectivity index (χ0) is 8.43. The maximum absolute atomic E-state index is 11.1. The summed E-state index contributed by atoms with van der Waals surface area (Å²) in [6, 6.07) is -0.144. The van der Waals surface area contributed by atoms with Crippen molar-refractivity contribution in [1.82, 2.24) is 10.2 Å². The molecule has 0 aromatic carbocycles. The molecular formula is C7H14N2O2. The SMILES string of the molecule is CNC(=O)[C@@H]1C[C@H](O)CN1C. The molecule has 1 aliphatic heterocycles. The van der Waals surface area contributed by atoms with Crippen molar-refractivity contribution in [1.29, 1.82) is 0 Å². The third-order valence-corrected chi connectivity index (χ3v) is 2.08. The van der Waals surface area contributed by atoms with Crippen LogP contribution in [0.1, 0.15) is 6.42 Å². The minimum atomic E-state index is -0.345. The molecule has 0 aliphatic carbocycles. The van der Waals surface area contributed by atoms with E-state index in [1.165, 1.54) is 0 Å². The van der Waals surface area contributed by atoms with Crippen LogP contribution in [-0.2, 0) is 4.79 Å². The summed E-state index contributed by atoms with van der Waals surface area (Å²) in [5.41, 5.74) is 0. The van der Waals surface area contributed by atoms with Crippen molar-refractivity contribution in [2.75, 3.05) is 20.6 Å². The van der Waals surface area contributed by atoms with Crippen molar-refractivity contribution in [2.45, 2.75) is 18.6 Å². The number of nitrogens with zero attached hydrogens (tertiary/aromatic N) is 1. The van der Waals surface area contributed by atoms with Crippen molar-refractivity contribution in [3.05, 3.63) is 0 Å². The molecule has 0 bridgehead atoms. The smallest absolute Gasteiger partial charge is 0.237 e. The van der Waals surface area contributed by atoms with Crippen LogP contribution < -0.4 is 5.32 Å². The van der Waals surface area contributed by atoms with Crippen LogP contribution in [-0.4, -0.2) is 48.7 Å². The summed E-state index contributed by atoms with van der Waals surface area (Å²) in [6.07, 6.45) is 0.207. The molecule has 0 spiro atoms. The van der Waals surface area contributed by atoms with E-state index in [0.717, 1.165) is 0 Å². The number of aliphatic hydroxyl groups is 1. The van der Waals surface area contributed by atoms with Crippen LogP contribution in [0.4, 0.5) is 0 Å². The molecule has 4 heteroatoms. The number of rotatable bonds is 1. The van der Waals surface area contributed by atoms with E-state index in [2.05, 4.69) is 5.32 Å². The Hall–Kier alpha value is -0.610. The average molecular weight is 158 g/mol. The molecule has 0 aromatic heterocycles. The number of carbonyl (C=O) groups excluding carboxylic acids is 1. The number of β-amino-alcohol motifs (C(OH)–C–C–N with tert-alkyl or cyclic N) is 1. The standard InChI is InChI=1S/C7H14N2O2/c1-8-7(11)6-3-5(10)4-9(6)2/h5-6,10H,3-4H2,1-2H3,(H,8,11)/t5-,6-/m0/s1. The minimum Gasteiger partial charge on any atom is -0.392 e. The maximum atomic E-state index is 11.1. The van der Waals surface area contributed by atoms with Gasteiger partial charge >= 0.3 is 0 Å². The molecule has 0 aromatic rings. The first-order valence-corrected chi connectivity index (χ1v) is 3.75. The van der Waals surface area contributed by atoms with Gasteiger partial charge in [0.1, 0.15) is 0 Å². The van der Waals surface area contributed by atoms with Crippen molar-refractivity contribution in [3.63, 3.8) is 0 Å². The van der Waals surface area contributed by atoms with Crippen LogP contribution in [0.3, 0.4) is 0 Å². The molecule has 1 aliphatic rings. The molecule has 2 atom stereocenters. The highest BCUT2D eigenvalue weighted by molar-refractivity contribution is 5.81. The Morgan fingerprint density at radius 3 is 2.73 bits per heavy atom. The van der Waals surface area contributed by atoms with Gasteiger partial charge in [-0.2, -0.15) is 0 Å². The van der Waals surface area contributed by atoms with Gasteiger partial charge in [0, 0.05) is 13.6 Å². The van der Waals surface area contributed by atoms with E-state index < -0.39 is 0 Å². The summed E-state index contributed by atoms with van der Waals surface area (Å²) in [6.45, 7) is 0.595. The zero-order valence-electron chi connectivity index (χ0n) is 6.87. The highest BCUT2D eigenvalue weighted by Gasteiger charge is 2.32. The summed E-state index contributed by atoms with van der Waals surface area (Å²) in [4.78, 5) is 13.0. The van der Waals surface area contributed by atoms with Gasteiger partial charge in [-0.15, -0.1) is 0 Å². The number of carbonyl (C=O) groups is 1. The molecule has 64 valence electrons. The van der Waals surface area contributed by atoms with Crippen LogP contribution >= 0.6 is 0 Å². The fraction of sp³-hybridized carbons (Fsp3) is 0.857. The second kappa shape index (κ2) is 3.19. The highest BCUT2D eigenvalue weighted by atomic mass is 16.3. The topological polar surface area (TPSA) is 52.6 Å². The third-order valence-electron chi connectivity index (χ3n) is 2.08. The predicted molar refractivity (Wildman–Crippen MR) is 41.1 cm³/mol. The molecule has 0 radical (unpaired) electrons. The lowest BCUT2D eigenvalue weighted by molar-refractivity contribution is -0.124. The molecule has 2 N–H and O–H groups in total. The van der Waals surface area contributed by atoms with E-state index in [1.54, 1.807) is 7.05 Å². The van der Waals surface area contributed by atoms with Crippen molar-refractivity contribution >= 4 is 5.91 Å². The molecule has 1 rings (SSSR count). The van der Waals surface area contributed by atoms with Crippen LogP contribution in [0.15, 0.2) is 0 Å². The van der Waals surface area contributed by atoms with E-state index in [1.807, 2.05) is 11.9 Å². The first-order valence-electron chi connectivity index (χ1n) is 3.75. The summed E-state index contributed by atoms with van der Waals surface area (Å²) in [7, 11) is 3.46. The Morgan fingerprint density at radius 2 is 2.36 bits per heavy atom. The summed E-state index contributed by atoms with van der Waals surface area (Å²) in [5, 5.41) is 11.8. The van der Waals surface area contributed by atoms with E-state index in [0.29, 0.717) is 13.0 Å². The second-order valence-corrected chi connectivity index (χ2v) is 2.96. The Kier molecular flexibility index (Phi) is 2.46. The van der Waals surface area contributed by atoms with Gasteiger partial charge in [-0.3, -0.25) is 9.69 Å². The quantitative estimate of drug-likeness (QED) is 0.504. The number of amides is 1. The maximum Gasteiger partial charge on any atom is 0.237 e. The number of nitrogens with one attached hydrogen (secondary N) is 1. The molecule has 1 saturated heterocycles. The molecule has 1 fully saturated rings. The van der Waals surface area contributed by atoms with Gasteiger partial charge in [-0.25, -0.2) is 0 Å². The zero-order valence-corrected chi connectivity index (χ0v) is 6.87. The van der Waals surface area contributed by atoms with Gasteiger partial charge < -0.3 is 10.4 Å². The van der Waals surface area contributed by atoms with Gasteiger partial charge in [-0.05, 0) is 13.5 Å².